The summed E-state index contributed by atoms with van der Waals surface area (Å²) in [5.41, 5.74) is 7.39. The van der Waals surface area contributed by atoms with Crippen LogP contribution in [0.4, 0.5) is 0 Å². The van der Waals surface area contributed by atoms with Gasteiger partial charge in [-0.2, -0.15) is 4.98 Å². The van der Waals surface area contributed by atoms with Crippen LogP contribution in [0.25, 0.3) is 11.5 Å². The van der Waals surface area contributed by atoms with Crippen LogP contribution in [0, 0.1) is 6.92 Å². The van der Waals surface area contributed by atoms with Crippen LogP contribution in [0.2, 0.25) is 0 Å². The van der Waals surface area contributed by atoms with Crippen molar-refractivity contribution in [1.82, 2.24) is 10.1 Å². The Hall–Kier alpha value is -1.24. The molecule has 0 aliphatic carbocycles. The minimum atomic E-state index is -0.764. The van der Waals surface area contributed by atoms with Gasteiger partial charge in [-0.05, 0) is 38.5 Å². The van der Waals surface area contributed by atoms with E-state index in [2.05, 4.69) is 26.1 Å². The number of halogens is 1. The molecule has 20 heavy (non-hydrogen) atoms. The highest BCUT2D eigenvalue weighted by Crippen LogP contribution is 2.26. The average molecular weight is 340 g/mol. The molecule has 0 spiro atoms. The van der Waals surface area contributed by atoms with Gasteiger partial charge >= 0.3 is 0 Å². The van der Waals surface area contributed by atoms with Gasteiger partial charge in [0.05, 0.1) is 6.61 Å². The number of nitrogens with two attached hydrogens (primary N) is 1. The van der Waals surface area contributed by atoms with Crippen molar-refractivity contribution < 1.29 is 9.26 Å². The average Bonchev–Trinajstić information content (AvgIpc) is 2.90. The zero-order valence-electron chi connectivity index (χ0n) is 11.8. The van der Waals surface area contributed by atoms with Gasteiger partial charge in [0, 0.05) is 16.6 Å². The van der Waals surface area contributed by atoms with Crippen molar-refractivity contribution in [3.05, 3.63) is 34.1 Å². The monoisotopic (exact) mass is 339 g/mol. The first kappa shape index (κ1) is 15.2. The van der Waals surface area contributed by atoms with Gasteiger partial charge in [-0.3, -0.25) is 0 Å². The predicted octanol–water partition coefficient (Wildman–Crippen LogP) is 3.02. The molecule has 2 rings (SSSR count). The molecule has 0 aliphatic rings. The maximum Gasteiger partial charge on any atom is 0.258 e. The molecule has 2 aromatic rings. The van der Waals surface area contributed by atoms with E-state index in [9.17, 15) is 0 Å². The van der Waals surface area contributed by atoms with E-state index in [0.29, 0.717) is 24.9 Å². The number of hydrogen-bond donors (Lipinski definition) is 1. The Labute approximate surface area is 126 Å². The smallest absolute Gasteiger partial charge is 0.258 e. The van der Waals surface area contributed by atoms with E-state index < -0.39 is 5.54 Å². The number of rotatable bonds is 5. The minimum Gasteiger partial charge on any atom is -0.379 e. The fourth-order valence-electron chi connectivity index (χ4n) is 1.68. The van der Waals surface area contributed by atoms with Crippen LogP contribution in [0.3, 0.4) is 0 Å². The van der Waals surface area contributed by atoms with Crippen LogP contribution < -0.4 is 5.73 Å². The van der Waals surface area contributed by atoms with Crippen LogP contribution in [-0.4, -0.2) is 23.4 Å². The van der Waals surface area contributed by atoms with E-state index in [1.807, 2.05) is 39.0 Å². The lowest BCUT2D eigenvalue weighted by molar-refractivity contribution is 0.0962. The number of aromatic nitrogens is 2. The van der Waals surface area contributed by atoms with E-state index in [1.165, 1.54) is 0 Å². The van der Waals surface area contributed by atoms with Crippen LogP contribution in [-0.2, 0) is 10.3 Å². The van der Waals surface area contributed by atoms with Gasteiger partial charge in [0.25, 0.3) is 5.89 Å². The Morgan fingerprint density at radius 1 is 1.45 bits per heavy atom. The van der Waals surface area contributed by atoms with Crippen molar-refractivity contribution in [3.63, 3.8) is 0 Å². The second-order valence-corrected chi connectivity index (χ2v) is 5.80. The maximum absolute atomic E-state index is 6.15. The lowest BCUT2D eigenvalue weighted by Crippen LogP contribution is -2.39. The largest absolute Gasteiger partial charge is 0.379 e. The first-order valence-electron chi connectivity index (χ1n) is 6.41. The van der Waals surface area contributed by atoms with Crippen molar-refractivity contribution in [1.29, 1.82) is 0 Å². The summed E-state index contributed by atoms with van der Waals surface area (Å²) in [5.74, 6) is 0.895. The van der Waals surface area contributed by atoms with Gasteiger partial charge in [0.2, 0.25) is 0 Å². The summed E-state index contributed by atoms with van der Waals surface area (Å²) in [4.78, 5) is 4.37. The zero-order valence-corrected chi connectivity index (χ0v) is 13.4. The Bertz CT molecular complexity index is 596. The zero-order chi connectivity index (χ0) is 14.8. The van der Waals surface area contributed by atoms with Crippen LogP contribution >= 0.6 is 15.9 Å². The van der Waals surface area contributed by atoms with E-state index in [-0.39, 0.29) is 0 Å². The Morgan fingerprint density at radius 3 is 2.85 bits per heavy atom. The summed E-state index contributed by atoms with van der Waals surface area (Å²) in [6, 6.07) is 5.88. The molecule has 5 nitrogen and oxygen atoms in total. The highest BCUT2D eigenvalue weighted by Gasteiger charge is 2.28. The first-order valence-corrected chi connectivity index (χ1v) is 7.20. The second kappa shape index (κ2) is 6.03. The molecule has 6 heteroatoms. The summed E-state index contributed by atoms with van der Waals surface area (Å²) >= 11 is 3.49. The maximum atomic E-state index is 6.15. The summed E-state index contributed by atoms with van der Waals surface area (Å²) in [7, 11) is 0. The van der Waals surface area contributed by atoms with Gasteiger partial charge in [-0.15, -0.1) is 0 Å². The molecule has 0 saturated carbocycles. The minimum absolute atomic E-state index is 0.347. The summed E-state index contributed by atoms with van der Waals surface area (Å²) in [6.07, 6.45) is 0. The molecule has 1 aromatic carbocycles. The van der Waals surface area contributed by atoms with E-state index in [0.717, 1.165) is 15.6 Å². The van der Waals surface area contributed by atoms with Crippen LogP contribution in [0.5, 0.6) is 0 Å². The highest BCUT2D eigenvalue weighted by molar-refractivity contribution is 9.10. The second-order valence-electron chi connectivity index (χ2n) is 4.94. The molecule has 0 bridgehead atoms. The third-order valence-corrected chi connectivity index (χ3v) is 3.82. The van der Waals surface area contributed by atoms with Crippen molar-refractivity contribution >= 4 is 15.9 Å². The molecular formula is C14H18BrN3O2. The van der Waals surface area contributed by atoms with Crippen LogP contribution in [0.15, 0.2) is 27.2 Å². The molecule has 108 valence electrons. The molecule has 1 unspecified atom stereocenters. The molecular weight excluding hydrogens is 322 g/mol. The number of ether oxygens (including phenoxy) is 1. The molecule has 1 aromatic heterocycles. The topological polar surface area (TPSA) is 74.2 Å². The molecule has 1 heterocycles. The Balaban J connectivity index is 2.26. The lowest BCUT2D eigenvalue weighted by Gasteiger charge is -2.19. The number of aryl methyl sites for hydroxylation is 1. The molecule has 0 aliphatic heterocycles. The van der Waals surface area contributed by atoms with Gasteiger partial charge < -0.3 is 15.0 Å². The molecule has 2 N–H and O–H groups in total. The SMILES string of the molecule is CCOCC(C)(N)c1noc(-c2ccc(C)c(Br)c2)n1. The number of benzene rings is 1. The number of nitrogens with zero attached hydrogens (tertiary/aromatic N) is 2. The van der Waals surface area contributed by atoms with Crippen molar-refractivity contribution in [2.45, 2.75) is 26.3 Å². The van der Waals surface area contributed by atoms with Crippen molar-refractivity contribution in [2.75, 3.05) is 13.2 Å². The summed E-state index contributed by atoms with van der Waals surface area (Å²) < 4.78 is 11.6. The normalized spacial score (nSPS) is 14.2. The molecule has 0 fully saturated rings. The quantitative estimate of drug-likeness (QED) is 0.906. The highest BCUT2D eigenvalue weighted by atomic mass is 79.9. The van der Waals surface area contributed by atoms with Gasteiger partial charge in [0.1, 0.15) is 5.54 Å². The fraction of sp³-hybridized carbons (Fsp3) is 0.429. The molecule has 0 saturated heterocycles. The van der Waals surface area contributed by atoms with E-state index in [4.69, 9.17) is 15.0 Å². The van der Waals surface area contributed by atoms with E-state index in [1.54, 1.807) is 0 Å². The summed E-state index contributed by atoms with van der Waals surface area (Å²) in [6.45, 7) is 6.71. The predicted molar refractivity (Wildman–Crippen MR) is 80.2 cm³/mol. The third kappa shape index (κ3) is 3.26. The summed E-state index contributed by atoms with van der Waals surface area (Å²) in [5, 5.41) is 3.96. The molecule has 1 atom stereocenters. The molecule has 0 amide bonds. The van der Waals surface area contributed by atoms with Crippen molar-refractivity contribution in [2.24, 2.45) is 5.73 Å². The van der Waals surface area contributed by atoms with Gasteiger partial charge in [0.15, 0.2) is 5.82 Å². The number of hydrogen-bond acceptors (Lipinski definition) is 5. The lowest BCUT2D eigenvalue weighted by atomic mass is 10.1. The fourth-order valence-corrected chi connectivity index (χ4v) is 2.06. The Morgan fingerprint density at radius 2 is 2.20 bits per heavy atom. The van der Waals surface area contributed by atoms with E-state index >= 15 is 0 Å². The van der Waals surface area contributed by atoms with Crippen LogP contribution in [0.1, 0.15) is 25.2 Å². The van der Waals surface area contributed by atoms with Gasteiger partial charge in [-0.25, -0.2) is 0 Å². The Kier molecular flexibility index (Phi) is 4.57. The van der Waals surface area contributed by atoms with Crippen molar-refractivity contribution in [3.8, 4) is 11.5 Å². The molecule has 0 radical (unpaired) electrons. The standard InChI is InChI=1S/C14H18BrN3O2/c1-4-19-8-14(3,16)13-17-12(20-18-13)10-6-5-9(2)11(15)7-10/h5-7H,4,8,16H2,1-3H3. The van der Waals surface area contributed by atoms with Gasteiger partial charge in [-0.1, -0.05) is 27.2 Å². The third-order valence-electron chi connectivity index (χ3n) is 2.96. The first-order chi connectivity index (χ1) is 9.44.